The lowest BCUT2D eigenvalue weighted by Crippen LogP contribution is -2.35. The molecule has 18 heavy (non-hydrogen) atoms. The maximum atomic E-state index is 11.8. The lowest BCUT2D eigenvalue weighted by Gasteiger charge is -2.16. The highest BCUT2D eigenvalue weighted by Crippen LogP contribution is 2.18. The van der Waals surface area contributed by atoms with Crippen molar-refractivity contribution in [1.29, 1.82) is 0 Å². The fourth-order valence-electron chi connectivity index (χ4n) is 1.38. The maximum absolute atomic E-state index is 11.8. The lowest BCUT2D eigenvalue weighted by atomic mass is 10.2. The van der Waals surface area contributed by atoms with Crippen LogP contribution in [0.5, 0.6) is 5.75 Å². The number of carbonyl (C=O) groups is 1. The highest BCUT2D eigenvalue weighted by molar-refractivity contribution is 9.10. The molecule has 1 N–H and O–H groups in total. The zero-order valence-corrected chi connectivity index (χ0v) is 12.1. The molecule has 0 aromatic heterocycles. The second kappa shape index (κ2) is 7.87. The van der Waals surface area contributed by atoms with Gasteiger partial charge in [-0.1, -0.05) is 29.3 Å². The first-order chi connectivity index (χ1) is 8.67. The molecule has 98 valence electrons. The highest BCUT2D eigenvalue weighted by atomic mass is 79.9. The predicted octanol–water partition coefficient (Wildman–Crippen LogP) is 3.12. The minimum Gasteiger partial charge on any atom is -0.481 e. The molecule has 1 rings (SSSR count). The number of nitrogens with zero attached hydrogens (tertiary/aromatic N) is 1. The van der Waals surface area contributed by atoms with Gasteiger partial charge < -0.3 is 4.74 Å². The summed E-state index contributed by atoms with van der Waals surface area (Å²) in [5.74, 6) is 0.449. The van der Waals surface area contributed by atoms with E-state index in [0.29, 0.717) is 12.2 Å². The van der Waals surface area contributed by atoms with Gasteiger partial charge in [0.25, 0.3) is 5.91 Å². The van der Waals surface area contributed by atoms with Crippen LogP contribution in [0.3, 0.4) is 0 Å². The number of ether oxygens (including phenoxy) is 1. The van der Waals surface area contributed by atoms with Gasteiger partial charge in [-0.2, -0.15) is 5.10 Å². The van der Waals surface area contributed by atoms with Crippen LogP contribution < -0.4 is 10.2 Å². The van der Waals surface area contributed by atoms with Crippen molar-refractivity contribution in [2.24, 2.45) is 5.10 Å². The fraction of sp³-hybridized carbons (Fsp3) is 0.385. The smallest absolute Gasteiger partial charge is 0.281 e. The van der Waals surface area contributed by atoms with E-state index in [9.17, 15) is 4.79 Å². The number of halogens is 1. The number of amides is 1. The van der Waals surface area contributed by atoms with E-state index in [0.717, 1.165) is 10.9 Å². The van der Waals surface area contributed by atoms with E-state index in [1.54, 1.807) is 6.92 Å². The first-order valence-electron chi connectivity index (χ1n) is 5.87. The third-order valence-corrected chi connectivity index (χ3v) is 2.77. The summed E-state index contributed by atoms with van der Waals surface area (Å²) in [7, 11) is 0. The number of hydrogen-bond acceptors (Lipinski definition) is 3. The normalized spacial score (nSPS) is 12.4. The number of carbonyl (C=O) groups excluding carboxylic acids is 1. The molecule has 0 radical (unpaired) electrons. The van der Waals surface area contributed by atoms with Crippen LogP contribution in [0.25, 0.3) is 0 Å². The summed E-state index contributed by atoms with van der Waals surface area (Å²) in [6.45, 7) is 3.75. The van der Waals surface area contributed by atoms with E-state index in [1.807, 2.05) is 31.2 Å². The first-order valence-corrected chi connectivity index (χ1v) is 6.66. The van der Waals surface area contributed by atoms with Crippen LogP contribution in [0.15, 0.2) is 33.8 Å². The van der Waals surface area contributed by atoms with Crippen molar-refractivity contribution in [3.05, 3.63) is 28.7 Å². The van der Waals surface area contributed by atoms with E-state index in [1.165, 1.54) is 6.21 Å². The summed E-state index contributed by atoms with van der Waals surface area (Å²) < 4.78 is 6.64. The number of hydrazone groups is 1. The predicted molar refractivity (Wildman–Crippen MR) is 75.8 cm³/mol. The third-order valence-electron chi connectivity index (χ3n) is 2.24. The molecule has 5 heteroatoms. The zero-order valence-electron chi connectivity index (χ0n) is 10.5. The summed E-state index contributed by atoms with van der Waals surface area (Å²) in [5, 5.41) is 3.72. The quantitative estimate of drug-likeness (QED) is 0.648. The number of rotatable bonds is 6. The van der Waals surface area contributed by atoms with Crippen LogP contribution in [0.1, 0.15) is 26.7 Å². The van der Waals surface area contributed by atoms with Crippen LogP contribution >= 0.6 is 15.9 Å². The van der Waals surface area contributed by atoms with Crippen LogP contribution in [0.4, 0.5) is 0 Å². The third kappa shape index (κ3) is 4.87. The maximum Gasteiger partial charge on any atom is 0.281 e. The summed E-state index contributed by atoms with van der Waals surface area (Å²) in [4.78, 5) is 11.8. The van der Waals surface area contributed by atoms with Crippen molar-refractivity contribution in [1.82, 2.24) is 5.43 Å². The Kier molecular flexibility index (Phi) is 6.43. The Hall–Kier alpha value is -1.36. The van der Waals surface area contributed by atoms with Gasteiger partial charge in [-0.3, -0.25) is 4.79 Å². The van der Waals surface area contributed by atoms with Gasteiger partial charge in [0, 0.05) is 10.7 Å². The molecule has 0 aliphatic carbocycles. The van der Waals surface area contributed by atoms with Crippen molar-refractivity contribution in [2.75, 3.05) is 0 Å². The Morgan fingerprint density at radius 3 is 2.72 bits per heavy atom. The minimum absolute atomic E-state index is 0.224. The van der Waals surface area contributed by atoms with Gasteiger partial charge in [0.05, 0.1) is 0 Å². The summed E-state index contributed by atoms with van der Waals surface area (Å²) in [6.07, 6.45) is 2.53. The van der Waals surface area contributed by atoms with Crippen molar-refractivity contribution < 1.29 is 9.53 Å². The topological polar surface area (TPSA) is 50.7 Å². The average molecular weight is 313 g/mol. The van der Waals surface area contributed by atoms with Gasteiger partial charge >= 0.3 is 0 Å². The molecule has 1 unspecified atom stereocenters. The number of hydrogen-bond donors (Lipinski definition) is 1. The van der Waals surface area contributed by atoms with Crippen LogP contribution in [-0.2, 0) is 4.79 Å². The monoisotopic (exact) mass is 312 g/mol. The molecule has 4 nitrogen and oxygen atoms in total. The van der Waals surface area contributed by atoms with Gasteiger partial charge in [-0.05, 0) is 37.6 Å². The minimum atomic E-state index is -0.514. The first kappa shape index (κ1) is 14.7. The van der Waals surface area contributed by atoms with Gasteiger partial charge in [0.1, 0.15) is 5.75 Å². The average Bonchev–Trinajstić information content (AvgIpc) is 2.38. The molecule has 1 aromatic rings. The van der Waals surface area contributed by atoms with E-state index >= 15 is 0 Å². The molecule has 0 spiro atoms. The molecule has 0 saturated carbocycles. The van der Waals surface area contributed by atoms with Crippen molar-refractivity contribution in [3.63, 3.8) is 0 Å². The van der Waals surface area contributed by atoms with Gasteiger partial charge in [0.15, 0.2) is 6.10 Å². The molecular formula is C13H17BrN2O2. The van der Waals surface area contributed by atoms with E-state index < -0.39 is 6.10 Å². The summed E-state index contributed by atoms with van der Waals surface area (Å²) >= 11 is 3.35. The molecule has 1 aromatic carbocycles. The van der Waals surface area contributed by atoms with Gasteiger partial charge in [-0.25, -0.2) is 5.43 Å². The molecule has 0 heterocycles. The Labute approximate surface area is 116 Å². The van der Waals surface area contributed by atoms with E-state index in [4.69, 9.17) is 4.74 Å². The highest BCUT2D eigenvalue weighted by Gasteiger charge is 2.18. The Morgan fingerprint density at radius 1 is 1.50 bits per heavy atom. The molecule has 0 fully saturated rings. The van der Waals surface area contributed by atoms with Gasteiger partial charge in [0.2, 0.25) is 0 Å². The SMILES string of the molecule is CC=NNC(=O)C(CCC)Oc1ccc(Br)cc1. The molecule has 0 aliphatic heterocycles. The largest absolute Gasteiger partial charge is 0.481 e. The standard InChI is InChI=1S/C13H17BrN2O2/c1-3-5-12(13(17)16-15-4-2)18-11-8-6-10(14)7-9-11/h4,6-9,12H,3,5H2,1-2H3,(H,16,17). The Morgan fingerprint density at radius 2 is 2.17 bits per heavy atom. The van der Waals surface area contributed by atoms with E-state index in [2.05, 4.69) is 26.5 Å². The zero-order chi connectivity index (χ0) is 13.4. The second-order valence-corrected chi connectivity index (χ2v) is 4.63. The van der Waals surface area contributed by atoms with Crippen LogP contribution in [0.2, 0.25) is 0 Å². The fourth-order valence-corrected chi connectivity index (χ4v) is 1.65. The molecular weight excluding hydrogens is 296 g/mol. The second-order valence-electron chi connectivity index (χ2n) is 3.71. The van der Waals surface area contributed by atoms with Crippen molar-refractivity contribution in [3.8, 4) is 5.75 Å². The molecule has 0 bridgehead atoms. The lowest BCUT2D eigenvalue weighted by molar-refractivity contribution is -0.128. The molecule has 1 atom stereocenters. The Balaban J connectivity index is 2.67. The van der Waals surface area contributed by atoms with Crippen LogP contribution in [0, 0.1) is 0 Å². The molecule has 0 saturated heterocycles. The molecule has 0 aliphatic rings. The van der Waals surface area contributed by atoms with Gasteiger partial charge in [-0.15, -0.1) is 0 Å². The van der Waals surface area contributed by atoms with Crippen molar-refractivity contribution in [2.45, 2.75) is 32.8 Å². The Bertz CT molecular complexity index is 404. The summed E-state index contributed by atoms with van der Waals surface area (Å²) in [5.41, 5.74) is 2.45. The van der Waals surface area contributed by atoms with Crippen molar-refractivity contribution >= 4 is 28.1 Å². The summed E-state index contributed by atoms with van der Waals surface area (Å²) in [6, 6.07) is 7.40. The van der Waals surface area contributed by atoms with Crippen LogP contribution in [-0.4, -0.2) is 18.2 Å². The van der Waals surface area contributed by atoms with E-state index in [-0.39, 0.29) is 5.91 Å². The number of benzene rings is 1. The molecule has 1 amide bonds. The number of nitrogens with one attached hydrogen (secondary N) is 1.